The Hall–Kier alpha value is -1.82. The first-order valence-electron chi connectivity index (χ1n) is 6.27. The van der Waals surface area contributed by atoms with E-state index in [2.05, 4.69) is 57.3 Å². The van der Waals surface area contributed by atoms with Crippen LogP contribution in [-0.4, -0.2) is 15.5 Å². The van der Waals surface area contributed by atoms with Gasteiger partial charge in [0.05, 0.1) is 5.69 Å². The molecular weight excluding hydrogens is 318 g/mol. The van der Waals surface area contributed by atoms with Crippen molar-refractivity contribution >= 4 is 38.9 Å². The Bertz CT molecular complexity index is 607. The van der Waals surface area contributed by atoms with Crippen LogP contribution in [-0.2, 0) is 0 Å². The van der Waals surface area contributed by atoms with E-state index in [-0.39, 0.29) is 5.54 Å². The molecule has 20 heavy (non-hydrogen) atoms. The Kier molecular flexibility index (Phi) is 4.13. The van der Waals surface area contributed by atoms with Gasteiger partial charge in [0.2, 0.25) is 0 Å². The maximum absolute atomic E-state index is 6.12. The van der Waals surface area contributed by atoms with Crippen LogP contribution < -0.4 is 16.4 Å². The molecule has 0 aliphatic rings. The SMILES string of the molecule is CC(C)(C)Nc1ncnc(Nc2ccccc2Br)c1N. The van der Waals surface area contributed by atoms with Crippen LogP contribution in [0.15, 0.2) is 35.1 Å². The van der Waals surface area contributed by atoms with Crippen molar-refractivity contribution in [1.82, 2.24) is 9.97 Å². The van der Waals surface area contributed by atoms with Crippen molar-refractivity contribution in [3.63, 3.8) is 0 Å². The van der Waals surface area contributed by atoms with Gasteiger partial charge in [-0.05, 0) is 48.8 Å². The molecule has 0 unspecified atom stereocenters. The van der Waals surface area contributed by atoms with Gasteiger partial charge in [-0.2, -0.15) is 0 Å². The molecule has 0 spiro atoms. The van der Waals surface area contributed by atoms with Crippen LogP contribution >= 0.6 is 15.9 Å². The average Bonchev–Trinajstić information content (AvgIpc) is 2.35. The number of anilines is 4. The number of nitrogens with zero attached hydrogens (tertiary/aromatic N) is 2. The number of nitrogens with two attached hydrogens (primary N) is 1. The first-order valence-corrected chi connectivity index (χ1v) is 7.06. The summed E-state index contributed by atoms with van der Waals surface area (Å²) in [5, 5.41) is 6.47. The van der Waals surface area contributed by atoms with Crippen molar-refractivity contribution < 1.29 is 0 Å². The largest absolute Gasteiger partial charge is 0.393 e. The van der Waals surface area contributed by atoms with E-state index in [9.17, 15) is 0 Å². The number of nitrogen functional groups attached to an aromatic ring is 1. The van der Waals surface area contributed by atoms with E-state index >= 15 is 0 Å². The molecule has 0 saturated heterocycles. The Labute approximate surface area is 127 Å². The number of hydrogen-bond donors (Lipinski definition) is 3. The minimum absolute atomic E-state index is 0.118. The van der Waals surface area contributed by atoms with Crippen molar-refractivity contribution in [2.75, 3.05) is 16.4 Å². The number of nitrogens with one attached hydrogen (secondary N) is 2. The lowest BCUT2D eigenvalue weighted by molar-refractivity contribution is 0.630. The van der Waals surface area contributed by atoms with Crippen molar-refractivity contribution in [3.05, 3.63) is 35.1 Å². The molecule has 0 amide bonds. The van der Waals surface area contributed by atoms with Gasteiger partial charge in [0.25, 0.3) is 0 Å². The highest BCUT2D eigenvalue weighted by molar-refractivity contribution is 9.10. The van der Waals surface area contributed by atoms with Crippen molar-refractivity contribution in [2.45, 2.75) is 26.3 Å². The highest BCUT2D eigenvalue weighted by atomic mass is 79.9. The standard InChI is InChI=1S/C14H18BrN5/c1-14(2,3)20-13-11(16)12(17-8-18-13)19-10-7-5-4-6-9(10)15/h4-8H,16H2,1-3H3,(H2,17,18,19,20). The fourth-order valence-corrected chi connectivity index (χ4v) is 2.02. The summed E-state index contributed by atoms with van der Waals surface area (Å²) in [6.07, 6.45) is 1.49. The Morgan fingerprint density at radius 3 is 2.40 bits per heavy atom. The van der Waals surface area contributed by atoms with Crippen molar-refractivity contribution in [3.8, 4) is 0 Å². The molecule has 2 aromatic rings. The van der Waals surface area contributed by atoms with E-state index in [1.807, 2.05) is 24.3 Å². The molecule has 6 heteroatoms. The molecule has 1 aromatic heterocycles. The van der Waals surface area contributed by atoms with Gasteiger partial charge in [0, 0.05) is 10.0 Å². The van der Waals surface area contributed by atoms with Gasteiger partial charge in [0.1, 0.15) is 12.0 Å². The minimum atomic E-state index is -0.118. The highest BCUT2D eigenvalue weighted by Crippen LogP contribution is 2.30. The summed E-state index contributed by atoms with van der Waals surface area (Å²) in [6, 6.07) is 7.79. The van der Waals surface area contributed by atoms with E-state index in [0.29, 0.717) is 17.3 Å². The fraction of sp³-hybridized carbons (Fsp3) is 0.286. The van der Waals surface area contributed by atoms with E-state index in [0.717, 1.165) is 10.2 Å². The quantitative estimate of drug-likeness (QED) is 0.795. The van der Waals surface area contributed by atoms with Gasteiger partial charge in [-0.3, -0.25) is 0 Å². The normalized spacial score (nSPS) is 11.2. The topological polar surface area (TPSA) is 75.9 Å². The van der Waals surface area contributed by atoms with Crippen LogP contribution in [0, 0.1) is 0 Å². The van der Waals surface area contributed by atoms with Crippen LogP contribution in [0.25, 0.3) is 0 Å². The molecule has 1 aromatic carbocycles. The third kappa shape index (κ3) is 3.60. The number of benzene rings is 1. The molecule has 2 rings (SSSR count). The van der Waals surface area contributed by atoms with Gasteiger partial charge in [-0.25, -0.2) is 9.97 Å². The molecule has 4 N–H and O–H groups in total. The van der Waals surface area contributed by atoms with Gasteiger partial charge >= 0.3 is 0 Å². The first-order chi connectivity index (χ1) is 9.37. The van der Waals surface area contributed by atoms with E-state index < -0.39 is 0 Å². The minimum Gasteiger partial charge on any atom is -0.393 e. The average molecular weight is 336 g/mol. The highest BCUT2D eigenvalue weighted by Gasteiger charge is 2.15. The molecule has 106 valence electrons. The summed E-state index contributed by atoms with van der Waals surface area (Å²) in [5.41, 5.74) is 7.41. The third-order valence-electron chi connectivity index (χ3n) is 2.50. The summed E-state index contributed by atoms with van der Waals surface area (Å²) in [4.78, 5) is 8.39. The van der Waals surface area contributed by atoms with Crippen LogP contribution in [0.5, 0.6) is 0 Å². The molecule has 0 radical (unpaired) electrons. The first kappa shape index (κ1) is 14.6. The second-order valence-corrected chi connectivity index (χ2v) is 6.32. The molecular formula is C14H18BrN5. The second-order valence-electron chi connectivity index (χ2n) is 5.46. The zero-order valence-electron chi connectivity index (χ0n) is 11.7. The fourth-order valence-electron chi connectivity index (χ4n) is 1.64. The maximum Gasteiger partial charge on any atom is 0.159 e. The lowest BCUT2D eigenvalue weighted by Gasteiger charge is -2.23. The van der Waals surface area contributed by atoms with Crippen LogP contribution in [0.1, 0.15) is 20.8 Å². The summed E-state index contributed by atoms with van der Waals surface area (Å²) < 4.78 is 0.948. The van der Waals surface area contributed by atoms with Gasteiger partial charge in [-0.15, -0.1) is 0 Å². The number of para-hydroxylation sites is 1. The predicted molar refractivity (Wildman–Crippen MR) is 87.2 cm³/mol. The Morgan fingerprint density at radius 2 is 1.75 bits per heavy atom. The molecule has 0 bridgehead atoms. The zero-order valence-corrected chi connectivity index (χ0v) is 13.3. The van der Waals surface area contributed by atoms with E-state index in [4.69, 9.17) is 5.73 Å². The Balaban J connectivity index is 2.30. The molecule has 0 atom stereocenters. The number of rotatable bonds is 3. The smallest absolute Gasteiger partial charge is 0.159 e. The third-order valence-corrected chi connectivity index (χ3v) is 3.20. The summed E-state index contributed by atoms with van der Waals surface area (Å²) >= 11 is 3.48. The lowest BCUT2D eigenvalue weighted by atomic mass is 10.1. The second kappa shape index (κ2) is 5.66. The van der Waals surface area contributed by atoms with E-state index in [1.165, 1.54) is 6.33 Å². The van der Waals surface area contributed by atoms with Gasteiger partial charge in [-0.1, -0.05) is 12.1 Å². The molecule has 5 nitrogen and oxygen atoms in total. The monoisotopic (exact) mass is 335 g/mol. The summed E-state index contributed by atoms with van der Waals surface area (Å²) in [7, 11) is 0. The summed E-state index contributed by atoms with van der Waals surface area (Å²) in [6.45, 7) is 6.15. The predicted octanol–water partition coefficient (Wildman–Crippen LogP) is 3.78. The van der Waals surface area contributed by atoms with Crippen LogP contribution in [0.2, 0.25) is 0 Å². The molecule has 1 heterocycles. The summed E-state index contributed by atoms with van der Waals surface area (Å²) in [5.74, 6) is 1.21. The lowest BCUT2D eigenvalue weighted by Crippen LogP contribution is -2.27. The molecule has 0 aliphatic carbocycles. The number of aromatic nitrogens is 2. The number of halogens is 1. The number of hydrogen-bond acceptors (Lipinski definition) is 5. The molecule has 0 aliphatic heterocycles. The maximum atomic E-state index is 6.12. The van der Waals surface area contributed by atoms with Gasteiger partial charge < -0.3 is 16.4 Å². The molecule has 0 fully saturated rings. The van der Waals surface area contributed by atoms with E-state index in [1.54, 1.807) is 0 Å². The Morgan fingerprint density at radius 1 is 1.10 bits per heavy atom. The van der Waals surface area contributed by atoms with Gasteiger partial charge in [0.15, 0.2) is 11.6 Å². The van der Waals surface area contributed by atoms with Crippen LogP contribution in [0.4, 0.5) is 23.0 Å². The molecule has 0 saturated carbocycles. The van der Waals surface area contributed by atoms with Crippen molar-refractivity contribution in [2.24, 2.45) is 0 Å². The zero-order chi connectivity index (χ0) is 14.8. The van der Waals surface area contributed by atoms with Crippen molar-refractivity contribution in [1.29, 1.82) is 0 Å². The van der Waals surface area contributed by atoms with Crippen LogP contribution in [0.3, 0.4) is 0 Å².